The summed E-state index contributed by atoms with van der Waals surface area (Å²) in [7, 11) is 0. The maximum absolute atomic E-state index is 10.7. The van der Waals surface area contributed by atoms with Crippen molar-refractivity contribution in [3.63, 3.8) is 0 Å². The quantitative estimate of drug-likeness (QED) is 0.111. The summed E-state index contributed by atoms with van der Waals surface area (Å²) in [5.41, 5.74) is 0.0590. The summed E-state index contributed by atoms with van der Waals surface area (Å²) in [5, 5.41) is 113. The van der Waals surface area contributed by atoms with Crippen LogP contribution in [0.2, 0.25) is 0 Å². The predicted octanol–water partition coefficient (Wildman–Crippen LogP) is -6.08. The number of hydrogen-bond donors (Lipinski definition) is 12. The van der Waals surface area contributed by atoms with Gasteiger partial charge in [-0.3, -0.25) is 0 Å². The van der Waals surface area contributed by atoms with Crippen molar-refractivity contribution >= 4 is 81.0 Å². The Morgan fingerprint density at radius 1 is 0.700 bits per heavy atom. The molecule has 3 rings (SSSR count). The van der Waals surface area contributed by atoms with Gasteiger partial charge in [-0.1, -0.05) is 6.08 Å². The summed E-state index contributed by atoms with van der Waals surface area (Å²) in [6.07, 6.45) is -15.7. The van der Waals surface area contributed by atoms with E-state index in [1.54, 1.807) is 0 Å². The highest BCUT2D eigenvalue weighted by Gasteiger charge is 2.50. The molecule has 0 aromatic rings. The van der Waals surface area contributed by atoms with Gasteiger partial charge in [-0.25, -0.2) is 0 Å². The molecular weight excluding hydrogens is 655 g/mol. The van der Waals surface area contributed by atoms with Gasteiger partial charge in [0.15, 0.2) is 6.29 Å². The van der Waals surface area contributed by atoms with Crippen LogP contribution in [0.3, 0.4) is 0 Å². The van der Waals surface area contributed by atoms with Gasteiger partial charge in [0.1, 0.15) is 48.8 Å². The Kier molecular flexibility index (Phi) is 25.4. The lowest BCUT2D eigenvalue weighted by atomic mass is 9.78. The fourth-order valence-electron chi connectivity index (χ4n) is 4.77. The molecule has 0 amide bonds. The Bertz CT molecular complexity index is 718. The molecule has 20 heteroatoms. The summed E-state index contributed by atoms with van der Waals surface area (Å²) in [6, 6.07) is -1.94. The van der Waals surface area contributed by atoms with E-state index in [1.807, 2.05) is 0 Å². The van der Waals surface area contributed by atoms with Crippen molar-refractivity contribution in [2.75, 3.05) is 19.8 Å². The molecular formula is C20H47NO13S6. The molecule has 14 atom stereocenters. The lowest BCUT2D eigenvalue weighted by Gasteiger charge is -2.47. The Balaban J connectivity index is -0.00000108. The SMILES string of the molecule is OCC1=C[C@H](N[C@H]2CC(CO)[C@@H](OC3O[C@H](CO)C(O)[C@H](O)C3O)C(O)[C@H]2O)[C@@H](O)[C@@H](O)C1O.S.S.S.S.S.S. The molecule has 0 bridgehead atoms. The van der Waals surface area contributed by atoms with Crippen LogP contribution in [0.25, 0.3) is 0 Å². The Morgan fingerprint density at radius 3 is 1.77 bits per heavy atom. The minimum Gasteiger partial charge on any atom is -0.396 e. The van der Waals surface area contributed by atoms with Crippen LogP contribution in [0.15, 0.2) is 11.6 Å². The maximum Gasteiger partial charge on any atom is 0.187 e. The van der Waals surface area contributed by atoms with Crippen molar-refractivity contribution in [3.8, 4) is 0 Å². The van der Waals surface area contributed by atoms with Crippen molar-refractivity contribution in [2.45, 2.75) is 85.8 Å². The predicted molar refractivity (Wildman–Crippen MR) is 172 cm³/mol. The molecule has 1 aliphatic heterocycles. The second kappa shape index (κ2) is 21.1. The molecule has 2 aliphatic carbocycles. The van der Waals surface area contributed by atoms with Crippen LogP contribution in [0, 0.1) is 5.92 Å². The highest BCUT2D eigenvalue weighted by atomic mass is 32.1. The fourth-order valence-corrected chi connectivity index (χ4v) is 4.77. The summed E-state index contributed by atoms with van der Waals surface area (Å²) < 4.78 is 10.9. The minimum atomic E-state index is -1.75. The molecule has 0 aromatic heterocycles. The first kappa shape index (κ1) is 48.2. The molecule has 1 saturated carbocycles. The first-order valence-corrected chi connectivity index (χ1v) is 11.1. The van der Waals surface area contributed by atoms with Gasteiger partial charge < -0.3 is 71.0 Å². The van der Waals surface area contributed by atoms with E-state index in [9.17, 15) is 56.2 Å². The fraction of sp³-hybridized carbons (Fsp3) is 0.900. The van der Waals surface area contributed by atoms with Gasteiger partial charge in [0.2, 0.25) is 0 Å². The number of aliphatic hydroxyl groups excluding tert-OH is 11. The Morgan fingerprint density at radius 2 is 1.27 bits per heavy atom. The van der Waals surface area contributed by atoms with E-state index in [2.05, 4.69) is 5.32 Å². The van der Waals surface area contributed by atoms with E-state index in [0.29, 0.717) is 0 Å². The molecule has 1 heterocycles. The average Bonchev–Trinajstić information content (AvgIpc) is 2.83. The van der Waals surface area contributed by atoms with Gasteiger partial charge in [-0.2, -0.15) is 81.0 Å². The normalized spacial score (nSPS) is 42.6. The second-order valence-electron chi connectivity index (χ2n) is 9.08. The lowest BCUT2D eigenvalue weighted by Crippen LogP contribution is -2.66. The van der Waals surface area contributed by atoms with Crippen molar-refractivity contribution in [3.05, 3.63) is 11.6 Å². The first-order chi connectivity index (χ1) is 16.0. The second-order valence-corrected chi connectivity index (χ2v) is 9.08. The summed E-state index contributed by atoms with van der Waals surface area (Å²) >= 11 is 0. The van der Waals surface area contributed by atoms with E-state index in [-0.39, 0.29) is 93.0 Å². The average molecular weight is 702 g/mol. The first-order valence-electron chi connectivity index (χ1n) is 11.1. The van der Waals surface area contributed by atoms with Crippen molar-refractivity contribution in [1.29, 1.82) is 0 Å². The van der Waals surface area contributed by atoms with E-state index in [4.69, 9.17) is 9.47 Å². The van der Waals surface area contributed by atoms with Gasteiger partial charge in [0.25, 0.3) is 0 Å². The molecule has 12 N–H and O–H groups in total. The molecule has 0 spiro atoms. The van der Waals surface area contributed by atoms with Crippen LogP contribution in [0.5, 0.6) is 0 Å². The molecule has 0 radical (unpaired) electrons. The molecule has 40 heavy (non-hydrogen) atoms. The van der Waals surface area contributed by atoms with E-state index >= 15 is 0 Å². The van der Waals surface area contributed by atoms with Crippen molar-refractivity contribution in [2.24, 2.45) is 5.92 Å². The monoisotopic (exact) mass is 701 g/mol. The van der Waals surface area contributed by atoms with Crippen molar-refractivity contribution < 1.29 is 65.6 Å². The maximum atomic E-state index is 10.7. The van der Waals surface area contributed by atoms with Crippen LogP contribution in [-0.4, -0.2) is 155 Å². The molecule has 246 valence electrons. The topological polar surface area (TPSA) is 253 Å². The number of nitrogens with one attached hydrogen (secondary N) is 1. The zero-order valence-corrected chi connectivity index (χ0v) is 27.2. The summed E-state index contributed by atoms with van der Waals surface area (Å²) in [6.45, 7) is -1.80. The van der Waals surface area contributed by atoms with Crippen LogP contribution in [-0.2, 0) is 9.47 Å². The number of hydrogen-bond acceptors (Lipinski definition) is 14. The Hall–Kier alpha value is 1.28. The zero-order valence-electron chi connectivity index (χ0n) is 21.2. The standard InChI is InChI=1S/C20H35NO13.6H2S/c22-3-6-1-8(12(26)15(29)11(6)25)21-9-2-7(4-23)19(17(31)13(9)27)34-20-18(32)16(30)14(28)10(5-24)33-20;;;;;;/h1,7-32H,2-5H2;6*1H2/t7?,8-,9-,10+,11?,12+,13-,14?,15-,16-,17?,18?,19+,20?;;;;;;/m0....../s1. The highest BCUT2D eigenvalue weighted by Crippen LogP contribution is 2.33. The lowest BCUT2D eigenvalue weighted by molar-refractivity contribution is -0.328. The highest BCUT2D eigenvalue weighted by molar-refractivity contribution is 7.60. The molecule has 0 aromatic carbocycles. The summed E-state index contributed by atoms with van der Waals surface area (Å²) in [4.78, 5) is 0. The number of rotatable bonds is 7. The van der Waals surface area contributed by atoms with E-state index < -0.39 is 105 Å². The van der Waals surface area contributed by atoms with E-state index in [1.165, 1.54) is 6.08 Å². The van der Waals surface area contributed by atoms with E-state index in [0.717, 1.165) is 0 Å². The molecule has 1 saturated heterocycles. The van der Waals surface area contributed by atoms with Gasteiger partial charge in [0.05, 0.1) is 31.5 Å². The molecule has 6 unspecified atom stereocenters. The van der Waals surface area contributed by atoms with Crippen LogP contribution >= 0.6 is 81.0 Å². The van der Waals surface area contributed by atoms with Crippen molar-refractivity contribution in [1.82, 2.24) is 5.32 Å². The largest absolute Gasteiger partial charge is 0.396 e. The van der Waals surface area contributed by atoms with Crippen LogP contribution in [0.4, 0.5) is 0 Å². The van der Waals surface area contributed by atoms with Crippen LogP contribution < -0.4 is 5.32 Å². The third kappa shape index (κ3) is 10.2. The molecule has 14 nitrogen and oxygen atoms in total. The minimum absolute atomic E-state index is 0. The Labute approximate surface area is 274 Å². The van der Waals surface area contributed by atoms with Gasteiger partial charge in [-0.15, -0.1) is 0 Å². The van der Waals surface area contributed by atoms with Crippen LogP contribution in [0.1, 0.15) is 6.42 Å². The summed E-state index contributed by atoms with van der Waals surface area (Å²) in [5.74, 6) is -0.833. The number of ether oxygens (including phenoxy) is 2. The molecule has 3 aliphatic rings. The van der Waals surface area contributed by atoms with Gasteiger partial charge >= 0.3 is 0 Å². The number of aliphatic hydroxyl groups is 11. The van der Waals surface area contributed by atoms with Gasteiger partial charge in [-0.05, 0) is 12.0 Å². The third-order valence-electron chi connectivity index (χ3n) is 6.90. The third-order valence-corrected chi connectivity index (χ3v) is 6.90. The van der Waals surface area contributed by atoms with Gasteiger partial charge in [0, 0.05) is 18.6 Å². The molecule has 2 fully saturated rings. The zero-order chi connectivity index (χ0) is 25.3. The smallest absolute Gasteiger partial charge is 0.187 e.